The summed E-state index contributed by atoms with van der Waals surface area (Å²) in [4.78, 5) is 16.5. The van der Waals surface area contributed by atoms with Gasteiger partial charge in [0.05, 0.1) is 12.2 Å². The number of benzene rings is 1. The van der Waals surface area contributed by atoms with Crippen LogP contribution in [-0.2, 0) is 4.79 Å². The Balaban J connectivity index is 2.01. The van der Waals surface area contributed by atoms with Crippen LogP contribution in [-0.4, -0.2) is 16.9 Å². The molecule has 1 heterocycles. The second kappa shape index (κ2) is 7.51. The van der Waals surface area contributed by atoms with Crippen molar-refractivity contribution in [1.29, 1.82) is 0 Å². The molecule has 0 aliphatic heterocycles. The van der Waals surface area contributed by atoms with Gasteiger partial charge >= 0.3 is 0 Å². The zero-order valence-corrected chi connectivity index (χ0v) is 14.6. The normalized spacial score (nSPS) is 13.4. The zero-order chi connectivity index (χ0) is 17.0. The zero-order valence-electron chi connectivity index (χ0n) is 13.8. The van der Waals surface area contributed by atoms with Crippen molar-refractivity contribution in [1.82, 2.24) is 10.3 Å². The highest BCUT2D eigenvalue weighted by Crippen LogP contribution is 2.21. The van der Waals surface area contributed by atoms with Gasteiger partial charge in [-0.05, 0) is 44.0 Å². The monoisotopic (exact) mass is 335 g/mol. The molecule has 1 aromatic carbocycles. The number of carbonyl (C=O) groups is 1. The van der Waals surface area contributed by atoms with Crippen LogP contribution in [0, 0.1) is 13.8 Å². The number of nitrogens with one attached hydrogen (secondary N) is 2. The number of oxazole rings is 1. The Labute approximate surface area is 141 Å². The summed E-state index contributed by atoms with van der Waals surface area (Å²) < 4.78 is 5.51. The van der Waals surface area contributed by atoms with E-state index in [2.05, 4.69) is 15.6 Å². The van der Waals surface area contributed by atoms with Crippen LogP contribution in [0.2, 0.25) is 5.02 Å². The van der Waals surface area contributed by atoms with Crippen molar-refractivity contribution < 1.29 is 9.21 Å². The average Bonchev–Trinajstić information content (AvgIpc) is 2.93. The number of carbonyl (C=O) groups excluding carboxylic acids is 1. The van der Waals surface area contributed by atoms with Crippen molar-refractivity contribution in [2.24, 2.45) is 0 Å². The van der Waals surface area contributed by atoms with Crippen molar-refractivity contribution >= 4 is 23.2 Å². The number of nitrogens with zero attached hydrogens (tertiary/aromatic N) is 1. The molecule has 0 saturated heterocycles. The van der Waals surface area contributed by atoms with Crippen LogP contribution in [0.4, 0.5) is 5.69 Å². The van der Waals surface area contributed by atoms with Gasteiger partial charge in [0.1, 0.15) is 11.8 Å². The molecule has 23 heavy (non-hydrogen) atoms. The van der Waals surface area contributed by atoms with Crippen LogP contribution in [0.25, 0.3) is 0 Å². The summed E-state index contributed by atoms with van der Waals surface area (Å²) in [6, 6.07) is 4.97. The lowest BCUT2D eigenvalue weighted by Gasteiger charge is -2.20. The van der Waals surface area contributed by atoms with E-state index in [1.807, 2.05) is 32.9 Å². The summed E-state index contributed by atoms with van der Waals surface area (Å²) in [7, 11) is 0. The lowest BCUT2D eigenvalue weighted by Crippen LogP contribution is -2.39. The highest BCUT2D eigenvalue weighted by molar-refractivity contribution is 6.30. The van der Waals surface area contributed by atoms with E-state index in [4.69, 9.17) is 16.0 Å². The Bertz CT molecular complexity index is 684. The first-order valence-corrected chi connectivity index (χ1v) is 8.04. The number of halogens is 1. The molecular weight excluding hydrogens is 314 g/mol. The Morgan fingerprint density at radius 2 is 2.13 bits per heavy atom. The summed E-state index contributed by atoms with van der Waals surface area (Å²) in [5, 5.41) is 6.87. The Hall–Kier alpha value is -2.01. The molecule has 2 N–H and O–H groups in total. The van der Waals surface area contributed by atoms with E-state index in [-0.39, 0.29) is 18.0 Å². The molecule has 5 nitrogen and oxygen atoms in total. The lowest BCUT2D eigenvalue weighted by atomic mass is 10.1. The first-order chi connectivity index (χ1) is 10.9. The minimum Gasteiger partial charge on any atom is -0.444 e. The predicted molar refractivity (Wildman–Crippen MR) is 91.7 cm³/mol. The molecule has 0 aliphatic carbocycles. The third kappa shape index (κ3) is 4.48. The van der Waals surface area contributed by atoms with Crippen LogP contribution >= 0.6 is 11.6 Å². The molecule has 2 unspecified atom stereocenters. The Morgan fingerprint density at radius 1 is 1.39 bits per heavy atom. The Kier molecular flexibility index (Phi) is 5.66. The van der Waals surface area contributed by atoms with E-state index >= 15 is 0 Å². The van der Waals surface area contributed by atoms with E-state index in [0.29, 0.717) is 16.7 Å². The van der Waals surface area contributed by atoms with Gasteiger partial charge in [0.2, 0.25) is 5.91 Å². The topological polar surface area (TPSA) is 67.2 Å². The van der Waals surface area contributed by atoms with Crippen molar-refractivity contribution in [3.05, 3.63) is 46.6 Å². The summed E-state index contributed by atoms with van der Waals surface area (Å²) in [6.45, 7) is 7.54. The largest absolute Gasteiger partial charge is 0.444 e. The molecule has 2 atom stereocenters. The number of hydrogen-bond donors (Lipinski definition) is 2. The first-order valence-electron chi connectivity index (χ1n) is 7.66. The average molecular weight is 336 g/mol. The fourth-order valence-corrected chi connectivity index (χ4v) is 2.52. The molecule has 0 fully saturated rings. The minimum atomic E-state index is -0.382. The maximum absolute atomic E-state index is 12.4. The summed E-state index contributed by atoms with van der Waals surface area (Å²) in [6.07, 6.45) is 2.39. The van der Waals surface area contributed by atoms with Crippen LogP contribution < -0.4 is 10.6 Å². The van der Waals surface area contributed by atoms with Crippen LogP contribution in [0.15, 0.2) is 28.8 Å². The lowest BCUT2D eigenvalue weighted by molar-refractivity contribution is -0.122. The van der Waals surface area contributed by atoms with Crippen LogP contribution in [0.1, 0.15) is 43.5 Å². The van der Waals surface area contributed by atoms with Gasteiger partial charge < -0.3 is 15.1 Å². The third-order valence-electron chi connectivity index (χ3n) is 3.66. The van der Waals surface area contributed by atoms with Gasteiger partial charge in [-0.2, -0.15) is 0 Å². The van der Waals surface area contributed by atoms with Gasteiger partial charge in [0, 0.05) is 17.6 Å². The second-order valence-corrected chi connectivity index (χ2v) is 6.01. The van der Waals surface area contributed by atoms with E-state index in [1.54, 1.807) is 19.2 Å². The number of aromatic nitrogens is 1. The number of hydrogen-bond acceptors (Lipinski definition) is 4. The van der Waals surface area contributed by atoms with Gasteiger partial charge in [-0.3, -0.25) is 4.79 Å². The highest BCUT2D eigenvalue weighted by Gasteiger charge is 2.20. The van der Waals surface area contributed by atoms with Gasteiger partial charge in [-0.25, -0.2) is 4.98 Å². The van der Waals surface area contributed by atoms with E-state index in [9.17, 15) is 4.79 Å². The second-order valence-electron chi connectivity index (χ2n) is 5.58. The number of rotatable bonds is 6. The highest BCUT2D eigenvalue weighted by atomic mass is 35.5. The molecule has 0 radical (unpaired) electrons. The fourth-order valence-electron chi connectivity index (χ4n) is 2.30. The quantitative estimate of drug-likeness (QED) is 0.837. The van der Waals surface area contributed by atoms with Crippen molar-refractivity contribution in [2.75, 3.05) is 5.32 Å². The molecule has 0 bridgehead atoms. The maximum Gasteiger partial charge on any atom is 0.242 e. The SMILES string of the molecule is CCC(NC(=O)C(C)Nc1ccc(Cl)cc1C)c1cnc(C)o1. The number of amides is 1. The van der Waals surface area contributed by atoms with Crippen molar-refractivity contribution in [2.45, 2.75) is 46.2 Å². The smallest absolute Gasteiger partial charge is 0.242 e. The van der Waals surface area contributed by atoms with Crippen LogP contribution in [0.3, 0.4) is 0 Å². The van der Waals surface area contributed by atoms with E-state index in [1.165, 1.54) is 0 Å². The van der Waals surface area contributed by atoms with E-state index < -0.39 is 0 Å². The molecule has 1 aromatic heterocycles. The summed E-state index contributed by atoms with van der Waals surface area (Å²) in [5.41, 5.74) is 1.88. The number of aryl methyl sites for hydroxylation is 2. The molecule has 0 aliphatic rings. The first kappa shape index (κ1) is 17.3. The van der Waals surface area contributed by atoms with Gasteiger partial charge in [-0.1, -0.05) is 18.5 Å². The predicted octanol–water partition coefficient (Wildman–Crippen LogP) is 4.01. The molecular formula is C17H22ClN3O2. The third-order valence-corrected chi connectivity index (χ3v) is 3.90. The molecule has 2 rings (SSSR count). The molecule has 124 valence electrons. The van der Waals surface area contributed by atoms with Crippen molar-refractivity contribution in [3.63, 3.8) is 0 Å². The molecule has 1 amide bonds. The van der Waals surface area contributed by atoms with Gasteiger partial charge in [0.25, 0.3) is 0 Å². The minimum absolute atomic E-state index is 0.0970. The fraction of sp³-hybridized carbons (Fsp3) is 0.412. The van der Waals surface area contributed by atoms with Gasteiger partial charge in [-0.15, -0.1) is 0 Å². The molecule has 6 heteroatoms. The van der Waals surface area contributed by atoms with Gasteiger partial charge in [0.15, 0.2) is 5.89 Å². The Morgan fingerprint density at radius 3 is 2.70 bits per heavy atom. The standard InChI is InChI=1S/C17H22ClN3O2/c1-5-14(16-9-19-12(4)23-16)21-17(22)11(3)20-15-7-6-13(18)8-10(15)2/h6-9,11,14,20H,5H2,1-4H3,(H,21,22). The van der Waals surface area contributed by atoms with E-state index in [0.717, 1.165) is 17.7 Å². The van der Waals surface area contributed by atoms with Crippen LogP contribution in [0.5, 0.6) is 0 Å². The van der Waals surface area contributed by atoms with Crippen molar-refractivity contribution in [3.8, 4) is 0 Å². The molecule has 2 aromatic rings. The summed E-state index contributed by atoms with van der Waals surface area (Å²) >= 11 is 5.95. The molecule has 0 saturated carbocycles. The molecule has 0 spiro atoms. The maximum atomic E-state index is 12.4. The number of anilines is 1. The summed E-state index contributed by atoms with van der Waals surface area (Å²) in [5.74, 6) is 1.17.